The van der Waals surface area contributed by atoms with E-state index < -0.39 is 8.80 Å². The number of esters is 1. The second kappa shape index (κ2) is 8.63. The third kappa shape index (κ3) is 6.77. The highest BCUT2D eigenvalue weighted by Crippen LogP contribution is 2.13. The van der Waals surface area contributed by atoms with E-state index >= 15 is 0 Å². The van der Waals surface area contributed by atoms with Crippen molar-refractivity contribution in [2.75, 3.05) is 19.4 Å². The number of carbonyl (C=O) groups is 1. The number of ether oxygens (including phenoxy) is 1. The first kappa shape index (κ1) is 16.6. The van der Waals surface area contributed by atoms with Crippen LogP contribution in [0.1, 0.15) is 41.0 Å². The van der Waals surface area contributed by atoms with Gasteiger partial charge in [0.1, 0.15) is 0 Å². The van der Waals surface area contributed by atoms with Crippen molar-refractivity contribution >= 4 is 14.8 Å². The van der Waals surface area contributed by atoms with Gasteiger partial charge in [0.05, 0.1) is 0 Å². The Labute approximate surface area is 105 Å². The minimum atomic E-state index is -2.88. The molecule has 0 saturated carbocycles. The van der Waals surface area contributed by atoms with Crippen molar-refractivity contribution in [1.82, 2.24) is 0 Å². The lowest BCUT2D eigenvalue weighted by atomic mass is 10.5. The molecule has 0 aliphatic carbocycles. The maximum atomic E-state index is 11.2. The van der Waals surface area contributed by atoms with Crippen molar-refractivity contribution < 1.29 is 22.8 Å². The van der Waals surface area contributed by atoms with Crippen molar-refractivity contribution in [3.05, 3.63) is 0 Å². The number of hydrogen-bond acceptors (Lipinski definition) is 5. The third-order valence-electron chi connectivity index (χ3n) is 1.84. The summed E-state index contributed by atoms with van der Waals surface area (Å²) < 4.78 is 22.0. The first-order valence-electron chi connectivity index (χ1n) is 6.11. The monoisotopic (exact) mass is 264 g/mol. The summed E-state index contributed by atoms with van der Waals surface area (Å²) in [4.78, 5) is 11.2. The van der Waals surface area contributed by atoms with Gasteiger partial charge in [0.15, 0.2) is 6.23 Å². The van der Waals surface area contributed by atoms with Gasteiger partial charge in [-0.25, -0.2) is 0 Å². The third-order valence-corrected chi connectivity index (χ3v) is 4.63. The summed E-state index contributed by atoms with van der Waals surface area (Å²) in [6, 6.07) is 0. The lowest BCUT2D eigenvalue weighted by molar-refractivity contribution is -0.143. The van der Waals surface area contributed by atoms with E-state index in [9.17, 15) is 4.79 Å². The molecule has 17 heavy (non-hydrogen) atoms. The standard InChI is InChI=1S/C11H24O5Si/c1-6-11(12)13-9-17(14-7-2,15-8-3)16-10(4)5/h10H,6-9H2,1-5H3. The van der Waals surface area contributed by atoms with Gasteiger partial charge in [0.25, 0.3) is 0 Å². The molecule has 0 fully saturated rings. The van der Waals surface area contributed by atoms with Gasteiger partial charge in [-0.15, -0.1) is 0 Å². The molecule has 0 bridgehead atoms. The predicted molar refractivity (Wildman–Crippen MR) is 66.5 cm³/mol. The van der Waals surface area contributed by atoms with Crippen molar-refractivity contribution in [2.24, 2.45) is 0 Å². The molecule has 6 heteroatoms. The highest BCUT2D eigenvalue weighted by Gasteiger charge is 2.43. The van der Waals surface area contributed by atoms with Crippen LogP contribution in [0, 0.1) is 0 Å². The van der Waals surface area contributed by atoms with E-state index in [4.69, 9.17) is 18.0 Å². The second-order valence-electron chi connectivity index (χ2n) is 3.73. The van der Waals surface area contributed by atoms with Crippen LogP contribution < -0.4 is 0 Å². The molecule has 0 aromatic carbocycles. The van der Waals surface area contributed by atoms with Crippen LogP contribution in [0.25, 0.3) is 0 Å². The smallest absolute Gasteiger partial charge is 0.461 e. The van der Waals surface area contributed by atoms with Crippen LogP contribution in [0.5, 0.6) is 0 Å². The zero-order valence-corrected chi connectivity index (χ0v) is 12.4. The molecule has 0 N–H and O–H groups in total. The molecule has 0 spiro atoms. The molecule has 0 aromatic heterocycles. The van der Waals surface area contributed by atoms with E-state index in [-0.39, 0.29) is 18.3 Å². The molecule has 0 aliphatic heterocycles. The van der Waals surface area contributed by atoms with E-state index in [0.717, 1.165) is 0 Å². The Morgan fingerprint density at radius 3 is 2.00 bits per heavy atom. The van der Waals surface area contributed by atoms with Crippen LogP contribution >= 0.6 is 0 Å². The maximum Gasteiger partial charge on any atom is 0.540 e. The Hall–Kier alpha value is -0.433. The van der Waals surface area contributed by atoms with E-state index in [1.165, 1.54) is 0 Å². The molecule has 0 radical (unpaired) electrons. The van der Waals surface area contributed by atoms with Crippen molar-refractivity contribution in [1.29, 1.82) is 0 Å². The summed E-state index contributed by atoms with van der Waals surface area (Å²) in [6.07, 6.45) is 0.393. The molecule has 0 rings (SSSR count). The van der Waals surface area contributed by atoms with Crippen LogP contribution in [0.2, 0.25) is 0 Å². The summed E-state index contributed by atoms with van der Waals surface area (Å²) in [5, 5.41) is 0. The average molecular weight is 264 g/mol. The Bertz CT molecular complexity index is 214. The Morgan fingerprint density at radius 2 is 1.65 bits per heavy atom. The van der Waals surface area contributed by atoms with Gasteiger partial charge in [-0.2, -0.15) is 0 Å². The number of hydrogen-bond donors (Lipinski definition) is 0. The normalized spacial score (nSPS) is 11.9. The van der Waals surface area contributed by atoms with Gasteiger partial charge >= 0.3 is 14.8 Å². The van der Waals surface area contributed by atoms with Crippen LogP contribution in [-0.2, 0) is 22.8 Å². The lowest BCUT2D eigenvalue weighted by Crippen LogP contribution is -2.52. The molecule has 0 unspecified atom stereocenters. The SMILES string of the molecule is CCO[Si](COC(=O)CC)(OCC)OC(C)C. The minimum Gasteiger partial charge on any atom is -0.461 e. The molecule has 0 aromatic rings. The molecule has 0 aliphatic rings. The number of carbonyl (C=O) groups excluding carboxylic acids is 1. The first-order valence-corrected chi connectivity index (χ1v) is 8.04. The summed E-state index contributed by atoms with van der Waals surface area (Å²) in [5.74, 6) is -0.270. The highest BCUT2D eigenvalue weighted by molar-refractivity contribution is 6.60. The molecule has 0 saturated heterocycles. The summed E-state index contributed by atoms with van der Waals surface area (Å²) in [6.45, 7) is 10.2. The van der Waals surface area contributed by atoms with E-state index in [0.29, 0.717) is 19.6 Å². The fourth-order valence-electron chi connectivity index (χ4n) is 1.30. The van der Waals surface area contributed by atoms with Gasteiger partial charge < -0.3 is 18.0 Å². The molecule has 5 nitrogen and oxygen atoms in total. The summed E-state index contributed by atoms with van der Waals surface area (Å²) in [7, 11) is -2.88. The van der Waals surface area contributed by atoms with Crippen molar-refractivity contribution in [2.45, 2.75) is 47.1 Å². The zero-order chi connectivity index (χ0) is 13.3. The molecular formula is C11H24O5Si. The second-order valence-corrected chi connectivity index (χ2v) is 6.20. The molecular weight excluding hydrogens is 240 g/mol. The van der Waals surface area contributed by atoms with Crippen LogP contribution in [0.3, 0.4) is 0 Å². The van der Waals surface area contributed by atoms with Crippen molar-refractivity contribution in [3.63, 3.8) is 0 Å². The number of rotatable bonds is 9. The molecule has 0 amide bonds. The zero-order valence-electron chi connectivity index (χ0n) is 11.4. The average Bonchev–Trinajstić information content (AvgIpc) is 2.25. The largest absolute Gasteiger partial charge is 0.540 e. The lowest BCUT2D eigenvalue weighted by Gasteiger charge is -2.29. The van der Waals surface area contributed by atoms with E-state index in [1.54, 1.807) is 6.92 Å². The Balaban J connectivity index is 4.57. The maximum absolute atomic E-state index is 11.2. The predicted octanol–water partition coefficient (Wildman–Crippen LogP) is 1.92. The quantitative estimate of drug-likeness (QED) is 0.470. The van der Waals surface area contributed by atoms with Crippen LogP contribution in [0.4, 0.5) is 0 Å². The molecule has 0 heterocycles. The fraction of sp³-hybridized carbons (Fsp3) is 0.909. The van der Waals surface area contributed by atoms with Crippen LogP contribution in [0.15, 0.2) is 0 Å². The Morgan fingerprint density at radius 1 is 1.12 bits per heavy atom. The van der Waals surface area contributed by atoms with Gasteiger partial charge in [-0.05, 0) is 27.7 Å². The van der Waals surface area contributed by atoms with Gasteiger partial charge in [-0.1, -0.05) is 6.92 Å². The summed E-state index contributed by atoms with van der Waals surface area (Å²) in [5.41, 5.74) is 0. The Kier molecular flexibility index (Phi) is 8.41. The highest BCUT2D eigenvalue weighted by atomic mass is 28.4. The van der Waals surface area contributed by atoms with E-state index in [1.807, 2.05) is 27.7 Å². The van der Waals surface area contributed by atoms with Gasteiger partial charge in [0.2, 0.25) is 0 Å². The van der Waals surface area contributed by atoms with Gasteiger partial charge in [0, 0.05) is 25.7 Å². The first-order chi connectivity index (χ1) is 7.99. The summed E-state index contributed by atoms with van der Waals surface area (Å²) >= 11 is 0. The topological polar surface area (TPSA) is 54.0 Å². The van der Waals surface area contributed by atoms with Crippen molar-refractivity contribution in [3.8, 4) is 0 Å². The van der Waals surface area contributed by atoms with E-state index in [2.05, 4.69) is 0 Å². The molecule has 102 valence electrons. The van der Waals surface area contributed by atoms with Crippen LogP contribution in [-0.4, -0.2) is 40.3 Å². The van der Waals surface area contributed by atoms with Gasteiger partial charge in [-0.3, -0.25) is 4.79 Å². The minimum absolute atomic E-state index is 0.0277. The fourth-order valence-corrected chi connectivity index (χ4v) is 3.69. The molecule has 0 atom stereocenters.